The van der Waals surface area contributed by atoms with Crippen LogP contribution in [0, 0.1) is 0 Å². The summed E-state index contributed by atoms with van der Waals surface area (Å²) in [7, 11) is 1.59. The minimum absolute atomic E-state index is 0.414. The Morgan fingerprint density at radius 1 is 0.947 bits per heavy atom. The smallest absolute Gasteiger partial charge is 0.123 e. The fourth-order valence-corrected chi connectivity index (χ4v) is 2.55. The summed E-state index contributed by atoms with van der Waals surface area (Å²) in [5.74, 6) is 0.676. The molecule has 0 aromatic heterocycles. The molecule has 2 aromatic carbocycles. The van der Waals surface area contributed by atoms with Gasteiger partial charge < -0.3 is 4.74 Å². The van der Waals surface area contributed by atoms with Crippen molar-refractivity contribution < 1.29 is 4.74 Å². The third kappa shape index (κ3) is 3.29. The maximum atomic E-state index is 6.47. The van der Waals surface area contributed by atoms with Crippen LogP contribution in [-0.4, -0.2) is 7.11 Å². The van der Waals surface area contributed by atoms with E-state index in [4.69, 9.17) is 51.1 Å². The van der Waals surface area contributed by atoms with E-state index in [1.807, 2.05) is 6.07 Å². The molecule has 1 nitrogen and oxygen atoms in total. The van der Waals surface area contributed by atoms with E-state index in [1.54, 1.807) is 37.4 Å². The molecule has 0 radical (unpaired) electrons. The van der Waals surface area contributed by atoms with Gasteiger partial charge in [-0.05, 0) is 35.9 Å². The number of rotatable bonds is 3. The van der Waals surface area contributed by atoms with E-state index >= 15 is 0 Å². The van der Waals surface area contributed by atoms with Crippen molar-refractivity contribution in [1.29, 1.82) is 0 Å². The average molecular weight is 336 g/mol. The van der Waals surface area contributed by atoms with Gasteiger partial charge in [0.2, 0.25) is 0 Å². The Morgan fingerprint density at radius 2 is 1.68 bits per heavy atom. The highest BCUT2D eigenvalue weighted by atomic mass is 35.5. The van der Waals surface area contributed by atoms with Gasteiger partial charge in [0.15, 0.2) is 0 Å². The fourth-order valence-electron chi connectivity index (χ4n) is 1.75. The summed E-state index contributed by atoms with van der Waals surface area (Å²) in [4.78, 5) is 0. The van der Waals surface area contributed by atoms with Crippen LogP contribution < -0.4 is 4.74 Å². The first-order chi connectivity index (χ1) is 9.02. The van der Waals surface area contributed by atoms with Crippen LogP contribution in [0.25, 0.3) is 0 Å². The van der Waals surface area contributed by atoms with Crippen molar-refractivity contribution in [3.05, 3.63) is 62.6 Å². The van der Waals surface area contributed by atoms with E-state index in [2.05, 4.69) is 0 Å². The second kappa shape index (κ2) is 6.23. The lowest BCUT2D eigenvalue weighted by Crippen LogP contribution is -1.97. The van der Waals surface area contributed by atoms with E-state index in [0.717, 1.165) is 11.1 Å². The maximum absolute atomic E-state index is 6.47. The van der Waals surface area contributed by atoms with Gasteiger partial charge in [0.05, 0.1) is 22.5 Å². The predicted molar refractivity (Wildman–Crippen MR) is 82.2 cm³/mol. The lowest BCUT2D eigenvalue weighted by molar-refractivity contribution is 0.410. The quantitative estimate of drug-likeness (QED) is 0.626. The molecule has 5 heteroatoms. The van der Waals surface area contributed by atoms with E-state index in [9.17, 15) is 0 Å². The highest BCUT2D eigenvalue weighted by Gasteiger charge is 2.17. The molecule has 1 unspecified atom stereocenters. The Bertz CT molecular complexity index is 598. The molecular weight excluding hydrogens is 326 g/mol. The zero-order chi connectivity index (χ0) is 14.0. The van der Waals surface area contributed by atoms with Crippen LogP contribution in [0.2, 0.25) is 15.1 Å². The van der Waals surface area contributed by atoms with Crippen molar-refractivity contribution in [2.45, 2.75) is 5.38 Å². The van der Waals surface area contributed by atoms with Gasteiger partial charge in [-0.2, -0.15) is 0 Å². The molecule has 0 heterocycles. The van der Waals surface area contributed by atoms with Gasteiger partial charge in [-0.3, -0.25) is 0 Å². The van der Waals surface area contributed by atoms with Crippen LogP contribution in [-0.2, 0) is 0 Å². The number of halogens is 4. The molecule has 1 atom stereocenters. The van der Waals surface area contributed by atoms with Crippen LogP contribution in [0.1, 0.15) is 16.5 Å². The molecule has 0 spiro atoms. The van der Waals surface area contributed by atoms with Crippen molar-refractivity contribution in [2.75, 3.05) is 7.11 Å². The molecule has 0 saturated heterocycles. The minimum atomic E-state index is -0.414. The van der Waals surface area contributed by atoms with Crippen LogP contribution in [0.3, 0.4) is 0 Å². The summed E-state index contributed by atoms with van der Waals surface area (Å²) < 4.78 is 5.29. The van der Waals surface area contributed by atoms with Gasteiger partial charge in [-0.15, -0.1) is 11.6 Å². The monoisotopic (exact) mass is 334 g/mol. The molecule has 2 rings (SSSR count). The standard InChI is InChI=1S/C14H10Cl4O/c1-19-13-5-3-9(15)7-10(13)14(18)8-2-4-11(16)12(17)6-8/h2-7,14H,1H3. The summed E-state index contributed by atoms with van der Waals surface area (Å²) in [5.41, 5.74) is 1.62. The number of alkyl halides is 1. The maximum Gasteiger partial charge on any atom is 0.123 e. The summed E-state index contributed by atoms with van der Waals surface area (Å²) in [6, 6.07) is 10.6. The summed E-state index contributed by atoms with van der Waals surface area (Å²) >= 11 is 24.4. The molecule has 0 amide bonds. The van der Waals surface area contributed by atoms with Crippen LogP contribution in [0.15, 0.2) is 36.4 Å². The number of ether oxygens (including phenoxy) is 1. The zero-order valence-corrected chi connectivity index (χ0v) is 13.0. The lowest BCUT2D eigenvalue weighted by atomic mass is 10.0. The summed E-state index contributed by atoms with van der Waals surface area (Å²) in [6.45, 7) is 0. The first kappa shape index (κ1) is 14.8. The molecule has 2 aromatic rings. The van der Waals surface area contributed by atoms with E-state index in [0.29, 0.717) is 20.8 Å². The highest BCUT2D eigenvalue weighted by molar-refractivity contribution is 6.42. The number of methoxy groups -OCH3 is 1. The second-order valence-electron chi connectivity index (χ2n) is 3.92. The van der Waals surface area contributed by atoms with Gasteiger partial charge in [0, 0.05) is 10.6 Å². The molecule has 0 saturated carbocycles. The third-order valence-corrected chi connectivity index (χ3v) is 4.16. The molecule has 0 aliphatic carbocycles. The van der Waals surface area contributed by atoms with Gasteiger partial charge in [0.1, 0.15) is 5.75 Å². The first-order valence-corrected chi connectivity index (χ1v) is 7.02. The number of hydrogen-bond acceptors (Lipinski definition) is 1. The molecule has 0 fully saturated rings. The minimum Gasteiger partial charge on any atom is -0.496 e. The Kier molecular flexibility index (Phi) is 4.86. The van der Waals surface area contributed by atoms with Gasteiger partial charge >= 0.3 is 0 Å². The second-order valence-corrected chi connectivity index (χ2v) is 5.61. The largest absolute Gasteiger partial charge is 0.496 e. The molecule has 100 valence electrons. The summed E-state index contributed by atoms with van der Waals surface area (Å²) in [5, 5.41) is 1.14. The first-order valence-electron chi connectivity index (χ1n) is 5.45. The molecule has 0 bridgehead atoms. The molecule has 19 heavy (non-hydrogen) atoms. The van der Waals surface area contributed by atoms with Crippen molar-refractivity contribution in [3.8, 4) is 5.75 Å². The SMILES string of the molecule is COc1ccc(Cl)cc1C(Cl)c1ccc(Cl)c(Cl)c1. The fraction of sp³-hybridized carbons (Fsp3) is 0.143. The molecule has 0 N–H and O–H groups in total. The van der Waals surface area contributed by atoms with Crippen LogP contribution in [0.4, 0.5) is 0 Å². The normalized spacial score (nSPS) is 12.3. The Labute approximate surface area is 132 Å². The number of benzene rings is 2. The molecular formula is C14H10Cl4O. The van der Waals surface area contributed by atoms with Crippen molar-refractivity contribution in [3.63, 3.8) is 0 Å². The third-order valence-electron chi connectivity index (χ3n) is 2.70. The van der Waals surface area contributed by atoms with Gasteiger partial charge in [-0.1, -0.05) is 40.9 Å². The molecule has 0 aliphatic rings. The van der Waals surface area contributed by atoms with Crippen LogP contribution in [0.5, 0.6) is 5.75 Å². The van der Waals surface area contributed by atoms with Crippen molar-refractivity contribution in [1.82, 2.24) is 0 Å². The average Bonchev–Trinajstić information content (AvgIpc) is 2.41. The Morgan fingerprint density at radius 3 is 2.32 bits per heavy atom. The van der Waals surface area contributed by atoms with Crippen LogP contribution >= 0.6 is 46.4 Å². The van der Waals surface area contributed by atoms with E-state index in [1.165, 1.54) is 0 Å². The predicted octanol–water partition coefficient (Wildman–Crippen LogP) is 5.98. The van der Waals surface area contributed by atoms with Gasteiger partial charge in [-0.25, -0.2) is 0 Å². The van der Waals surface area contributed by atoms with Crippen molar-refractivity contribution >= 4 is 46.4 Å². The highest BCUT2D eigenvalue weighted by Crippen LogP contribution is 2.38. The topological polar surface area (TPSA) is 9.23 Å². The van der Waals surface area contributed by atoms with E-state index < -0.39 is 5.38 Å². The van der Waals surface area contributed by atoms with Gasteiger partial charge in [0.25, 0.3) is 0 Å². The number of hydrogen-bond donors (Lipinski definition) is 0. The van der Waals surface area contributed by atoms with Crippen molar-refractivity contribution in [2.24, 2.45) is 0 Å². The molecule has 0 aliphatic heterocycles. The van der Waals surface area contributed by atoms with E-state index in [-0.39, 0.29) is 0 Å². The Hall–Kier alpha value is -0.600. The zero-order valence-electron chi connectivity index (χ0n) is 9.96. The lowest BCUT2D eigenvalue weighted by Gasteiger charge is -2.15. The Balaban J connectivity index is 2.45. The summed E-state index contributed by atoms with van der Waals surface area (Å²) in [6.07, 6.45) is 0.